The number of hydrogen-bond donors (Lipinski definition) is 2. The van der Waals surface area contributed by atoms with Crippen molar-refractivity contribution in [2.75, 3.05) is 32.0 Å². The largest absolute Gasteiger partial charge is 0.351 e. The Labute approximate surface area is 113 Å². The van der Waals surface area contributed by atoms with Gasteiger partial charge in [-0.25, -0.2) is 0 Å². The van der Waals surface area contributed by atoms with Crippen molar-refractivity contribution in [2.24, 2.45) is 0 Å². The van der Waals surface area contributed by atoms with E-state index in [1.165, 1.54) is 0 Å². The number of likely N-dealkylation sites (N-methyl/N-ethyl adjacent to an activating group) is 1. The van der Waals surface area contributed by atoms with E-state index in [0.29, 0.717) is 18.5 Å². The average Bonchev–Trinajstić information content (AvgIpc) is 2.77. The summed E-state index contributed by atoms with van der Waals surface area (Å²) in [7, 11) is 2.01. The first-order valence-electron chi connectivity index (χ1n) is 6.49. The summed E-state index contributed by atoms with van der Waals surface area (Å²) in [5.41, 5.74) is 2.29. The Morgan fingerprint density at radius 3 is 3.00 bits per heavy atom. The molecule has 0 unspecified atom stereocenters. The number of fused-ring (bicyclic) bond motifs is 1. The second-order valence-electron chi connectivity index (χ2n) is 4.75. The lowest BCUT2D eigenvalue weighted by Crippen LogP contribution is -2.32. The van der Waals surface area contributed by atoms with E-state index in [4.69, 9.17) is 0 Å². The summed E-state index contributed by atoms with van der Waals surface area (Å²) in [5, 5.41) is 5.62. The summed E-state index contributed by atoms with van der Waals surface area (Å²) in [6.45, 7) is 4.47. The molecule has 1 heterocycles. The molecule has 0 saturated heterocycles. The van der Waals surface area contributed by atoms with Crippen LogP contribution in [0.4, 0.5) is 5.69 Å². The Hall–Kier alpha value is -1.88. The van der Waals surface area contributed by atoms with E-state index < -0.39 is 0 Å². The van der Waals surface area contributed by atoms with Crippen LogP contribution < -0.4 is 10.6 Å². The van der Waals surface area contributed by atoms with E-state index in [0.717, 1.165) is 24.3 Å². The van der Waals surface area contributed by atoms with Crippen molar-refractivity contribution in [2.45, 2.75) is 13.3 Å². The van der Waals surface area contributed by atoms with Crippen LogP contribution in [-0.4, -0.2) is 43.4 Å². The maximum absolute atomic E-state index is 12.0. The van der Waals surface area contributed by atoms with Crippen LogP contribution in [0.25, 0.3) is 0 Å². The van der Waals surface area contributed by atoms with Crippen molar-refractivity contribution in [3.8, 4) is 0 Å². The fraction of sp³-hybridized carbons (Fsp3) is 0.429. The minimum Gasteiger partial charge on any atom is -0.351 e. The summed E-state index contributed by atoms with van der Waals surface area (Å²) in [6.07, 6.45) is 0.401. The van der Waals surface area contributed by atoms with Gasteiger partial charge in [0.2, 0.25) is 5.91 Å². The van der Waals surface area contributed by atoms with Gasteiger partial charge in [-0.2, -0.15) is 0 Å². The van der Waals surface area contributed by atoms with Gasteiger partial charge in [0.05, 0.1) is 6.42 Å². The van der Waals surface area contributed by atoms with Crippen LogP contribution in [0, 0.1) is 0 Å². The molecule has 0 aromatic heterocycles. The minimum atomic E-state index is -0.103. The van der Waals surface area contributed by atoms with Gasteiger partial charge < -0.3 is 15.5 Å². The quantitative estimate of drug-likeness (QED) is 0.826. The standard InChI is InChI=1S/C14H19N3O2/c1-3-17(2)7-6-15-14(19)11-5-4-10-9-13(18)16-12(10)8-11/h4-5,8H,3,6-7,9H2,1-2H3,(H,15,19)(H,16,18). The monoisotopic (exact) mass is 261 g/mol. The molecule has 1 aliphatic heterocycles. The maximum Gasteiger partial charge on any atom is 0.251 e. The molecular weight excluding hydrogens is 242 g/mol. The summed E-state index contributed by atoms with van der Waals surface area (Å²) < 4.78 is 0. The molecule has 2 N–H and O–H groups in total. The van der Waals surface area contributed by atoms with E-state index in [9.17, 15) is 9.59 Å². The van der Waals surface area contributed by atoms with Gasteiger partial charge in [0.1, 0.15) is 0 Å². The highest BCUT2D eigenvalue weighted by atomic mass is 16.2. The number of anilines is 1. The van der Waals surface area contributed by atoms with Crippen molar-refractivity contribution in [1.82, 2.24) is 10.2 Å². The van der Waals surface area contributed by atoms with E-state index in [1.807, 2.05) is 13.1 Å². The molecule has 19 heavy (non-hydrogen) atoms. The molecule has 0 atom stereocenters. The third kappa shape index (κ3) is 3.32. The number of nitrogens with one attached hydrogen (secondary N) is 2. The number of hydrogen-bond acceptors (Lipinski definition) is 3. The number of rotatable bonds is 5. The van der Waals surface area contributed by atoms with Crippen LogP contribution in [0.1, 0.15) is 22.8 Å². The average molecular weight is 261 g/mol. The zero-order chi connectivity index (χ0) is 13.8. The van der Waals surface area contributed by atoms with Crippen LogP contribution in [0.5, 0.6) is 0 Å². The number of carbonyl (C=O) groups is 2. The molecule has 5 heteroatoms. The Morgan fingerprint density at radius 1 is 1.47 bits per heavy atom. The molecule has 0 aliphatic carbocycles. The number of benzene rings is 1. The molecule has 2 rings (SSSR count). The fourth-order valence-electron chi connectivity index (χ4n) is 1.98. The third-order valence-electron chi connectivity index (χ3n) is 3.32. The highest BCUT2D eigenvalue weighted by molar-refractivity contribution is 6.02. The van der Waals surface area contributed by atoms with Crippen molar-refractivity contribution >= 4 is 17.5 Å². The first kappa shape index (κ1) is 13.5. The van der Waals surface area contributed by atoms with Gasteiger partial charge in [-0.1, -0.05) is 13.0 Å². The molecule has 2 amide bonds. The second-order valence-corrected chi connectivity index (χ2v) is 4.75. The number of carbonyl (C=O) groups excluding carboxylic acids is 2. The first-order chi connectivity index (χ1) is 9.10. The fourth-order valence-corrected chi connectivity index (χ4v) is 1.98. The molecule has 0 bridgehead atoms. The lowest BCUT2D eigenvalue weighted by atomic mass is 10.1. The summed E-state index contributed by atoms with van der Waals surface area (Å²) in [6, 6.07) is 5.33. The van der Waals surface area contributed by atoms with Gasteiger partial charge in [-0.05, 0) is 31.3 Å². The third-order valence-corrected chi connectivity index (χ3v) is 3.32. The molecule has 0 fully saturated rings. The molecule has 0 saturated carbocycles. The van der Waals surface area contributed by atoms with Crippen molar-refractivity contribution in [1.29, 1.82) is 0 Å². The molecule has 1 aliphatic rings. The molecule has 0 spiro atoms. The highest BCUT2D eigenvalue weighted by Gasteiger charge is 2.18. The van der Waals surface area contributed by atoms with E-state index in [2.05, 4.69) is 22.5 Å². The van der Waals surface area contributed by atoms with E-state index >= 15 is 0 Å². The van der Waals surface area contributed by atoms with Gasteiger partial charge in [0.25, 0.3) is 5.91 Å². The summed E-state index contributed by atoms with van der Waals surface area (Å²) in [5.74, 6) is -0.120. The smallest absolute Gasteiger partial charge is 0.251 e. The van der Waals surface area contributed by atoms with Crippen LogP contribution in [0.15, 0.2) is 18.2 Å². The number of nitrogens with zero attached hydrogens (tertiary/aromatic N) is 1. The van der Waals surface area contributed by atoms with Crippen molar-refractivity contribution in [3.63, 3.8) is 0 Å². The van der Waals surface area contributed by atoms with Crippen LogP contribution >= 0.6 is 0 Å². The minimum absolute atomic E-state index is 0.0165. The second kappa shape index (κ2) is 5.84. The Bertz CT molecular complexity index is 499. The highest BCUT2D eigenvalue weighted by Crippen LogP contribution is 2.23. The SMILES string of the molecule is CCN(C)CCNC(=O)c1ccc2c(c1)NC(=O)C2. The van der Waals surface area contributed by atoms with Crippen LogP contribution in [0.2, 0.25) is 0 Å². The van der Waals surface area contributed by atoms with Gasteiger partial charge in [0.15, 0.2) is 0 Å². The molecule has 1 aromatic rings. The zero-order valence-corrected chi connectivity index (χ0v) is 11.3. The zero-order valence-electron chi connectivity index (χ0n) is 11.3. The lowest BCUT2D eigenvalue weighted by molar-refractivity contribution is -0.115. The van der Waals surface area contributed by atoms with Gasteiger partial charge in [-0.3, -0.25) is 9.59 Å². The van der Waals surface area contributed by atoms with Crippen molar-refractivity contribution < 1.29 is 9.59 Å². The van der Waals surface area contributed by atoms with Crippen molar-refractivity contribution in [3.05, 3.63) is 29.3 Å². The Kier molecular flexibility index (Phi) is 4.16. The normalized spacial score (nSPS) is 13.3. The number of amides is 2. The molecule has 1 aromatic carbocycles. The van der Waals surface area contributed by atoms with E-state index in [-0.39, 0.29) is 11.8 Å². The summed E-state index contributed by atoms with van der Waals surface area (Å²) in [4.78, 5) is 25.3. The Morgan fingerprint density at radius 2 is 2.26 bits per heavy atom. The maximum atomic E-state index is 12.0. The Balaban J connectivity index is 1.93. The topological polar surface area (TPSA) is 61.4 Å². The molecular formula is C14H19N3O2. The predicted molar refractivity (Wildman–Crippen MR) is 74.3 cm³/mol. The van der Waals surface area contributed by atoms with E-state index in [1.54, 1.807) is 12.1 Å². The molecule has 0 radical (unpaired) electrons. The lowest BCUT2D eigenvalue weighted by Gasteiger charge is -2.14. The summed E-state index contributed by atoms with van der Waals surface area (Å²) >= 11 is 0. The predicted octanol–water partition coefficient (Wildman–Crippen LogP) is 0.863. The van der Waals surface area contributed by atoms with Gasteiger partial charge in [0, 0.05) is 24.3 Å². The van der Waals surface area contributed by atoms with Gasteiger partial charge >= 0.3 is 0 Å². The van der Waals surface area contributed by atoms with Gasteiger partial charge in [-0.15, -0.1) is 0 Å². The molecule has 102 valence electrons. The van der Waals surface area contributed by atoms with Crippen LogP contribution in [-0.2, 0) is 11.2 Å². The first-order valence-corrected chi connectivity index (χ1v) is 6.49. The molecule has 5 nitrogen and oxygen atoms in total. The van der Waals surface area contributed by atoms with Crippen LogP contribution in [0.3, 0.4) is 0 Å².